The average molecular weight is 379 g/mol. The van der Waals surface area contributed by atoms with E-state index in [0.717, 1.165) is 0 Å². The van der Waals surface area contributed by atoms with Gasteiger partial charge in [0.25, 0.3) is 0 Å². The summed E-state index contributed by atoms with van der Waals surface area (Å²) in [5, 5.41) is 0. The van der Waals surface area contributed by atoms with Gasteiger partial charge in [0.05, 0.1) is 7.11 Å². The van der Waals surface area contributed by atoms with Crippen LogP contribution in [-0.2, 0) is 10.0 Å². The summed E-state index contributed by atoms with van der Waals surface area (Å²) in [6.45, 7) is 4.43. The quantitative estimate of drug-likeness (QED) is 0.790. The van der Waals surface area contributed by atoms with Crippen molar-refractivity contribution in [2.45, 2.75) is 31.2 Å². The number of ether oxygens (including phenoxy) is 1. The summed E-state index contributed by atoms with van der Waals surface area (Å²) in [6, 6.07) is 4.87. The summed E-state index contributed by atoms with van der Waals surface area (Å²) in [7, 11) is -0.504. The fourth-order valence-electron chi connectivity index (χ4n) is 1.76. The minimum Gasteiger partial charge on any atom is -0.497 e. The van der Waals surface area contributed by atoms with Crippen molar-refractivity contribution in [1.29, 1.82) is 0 Å². The summed E-state index contributed by atoms with van der Waals surface area (Å²) in [4.78, 5) is 0.197. The van der Waals surface area contributed by atoms with E-state index in [9.17, 15) is 8.42 Å². The lowest BCUT2D eigenvalue weighted by atomic mass is 10.0. The van der Waals surface area contributed by atoms with Crippen molar-refractivity contribution >= 4 is 26.0 Å². The van der Waals surface area contributed by atoms with Crippen LogP contribution in [-0.4, -0.2) is 39.5 Å². The third-order valence-corrected chi connectivity index (χ3v) is 6.31. The Hall–Kier alpha value is -0.630. The fraction of sp³-hybridized carbons (Fsp3) is 0.571. The first-order chi connectivity index (χ1) is 9.70. The first kappa shape index (κ1) is 18.4. The maximum absolute atomic E-state index is 12.6. The molecule has 2 N–H and O–H groups in total. The number of nitrogens with zero attached hydrogens (tertiary/aromatic N) is 1. The zero-order chi connectivity index (χ0) is 16.2. The van der Waals surface area contributed by atoms with Crippen LogP contribution in [0.4, 0.5) is 0 Å². The molecule has 0 radical (unpaired) electrons. The van der Waals surface area contributed by atoms with Crippen molar-refractivity contribution in [2.24, 2.45) is 11.7 Å². The highest BCUT2D eigenvalue weighted by atomic mass is 79.9. The molecular formula is C14H23BrN2O3S. The molecule has 1 rings (SSSR count). The topological polar surface area (TPSA) is 72.6 Å². The summed E-state index contributed by atoms with van der Waals surface area (Å²) in [6.07, 6.45) is 0.620. The lowest BCUT2D eigenvalue weighted by Gasteiger charge is -2.22. The molecule has 1 aromatic rings. The molecule has 1 aromatic carbocycles. The van der Waals surface area contributed by atoms with Crippen LogP contribution in [0.5, 0.6) is 5.75 Å². The Morgan fingerprint density at radius 2 is 2.00 bits per heavy atom. The van der Waals surface area contributed by atoms with E-state index in [1.165, 1.54) is 17.5 Å². The minimum absolute atomic E-state index is 0.0172. The minimum atomic E-state index is -3.57. The van der Waals surface area contributed by atoms with Crippen LogP contribution in [0.1, 0.15) is 20.3 Å². The van der Waals surface area contributed by atoms with Gasteiger partial charge in [-0.1, -0.05) is 13.8 Å². The largest absolute Gasteiger partial charge is 0.497 e. The number of nitrogens with two attached hydrogens (primary N) is 1. The standard InChI is InChI=1S/C14H23BrN2O3S/c1-10(2)13(16)7-8-17(3)21(18,19)14-9-11(20-4)5-6-12(14)15/h5-6,9-10,13H,7-8,16H2,1-4H3. The van der Waals surface area contributed by atoms with Crippen LogP contribution < -0.4 is 10.5 Å². The molecule has 1 unspecified atom stereocenters. The van der Waals surface area contributed by atoms with Gasteiger partial charge in [-0.2, -0.15) is 0 Å². The van der Waals surface area contributed by atoms with Crippen molar-refractivity contribution in [2.75, 3.05) is 20.7 Å². The maximum Gasteiger partial charge on any atom is 0.244 e. The van der Waals surface area contributed by atoms with Gasteiger partial charge >= 0.3 is 0 Å². The van der Waals surface area contributed by atoms with Crippen LogP contribution in [0.25, 0.3) is 0 Å². The number of benzene rings is 1. The van der Waals surface area contributed by atoms with E-state index < -0.39 is 10.0 Å². The SMILES string of the molecule is COc1ccc(Br)c(S(=O)(=O)N(C)CCC(N)C(C)C)c1. The smallest absolute Gasteiger partial charge is 0.244 e. The monoisotopic (exact) mass is 378 g/mol. The van der Waals surface area contributed by atoms with Gasteiger partial charge in [0.1, 0.15) is 10.6 Å². The molecule has 0 aromatic heterocycles. The second kappa shape index (κ2) is 7.58. The first-order valence-corrected chi connectivity index (χ1v) is 8.99. The fourth-order valence-corrected chi connectivity index (χ4v) is 3.88. The highest BCUT2D eigenvalue weighted by molar-refractivity contribution is 9.10. The second-order valence-corrected chi connectivity index (χ2v) is 8.19. The highest BCUT2D eigenvalue weighted by Crippen LogP contribution is 2.28. The highest BCUT2D eigenvalue weighted by Gasteiger charge is 2.24. The molecule has 0 saturated heterocycles. The number of rotatable bonds is 7. The molecule has 5 nitrogen and oxygen atoms in total. The zero-order valence-electron chi connectivity index (χ0n) is 12.8. The Labute approximate surface area is 135 Å². The molecule has 0 aliphatic carbocycles. The van der Waals surface area contributed by atoms with Crippen LogP contribution in [0.3, 0.4) is 0 Å². The van der Waals surface area contributed by atoms with Gasteiger partial charge in [-0.25, -0.2) is 12.7 Å². The van der Waals surface area contributed by atoms with Gasteiger partial charge < -0.3 is 10.5 Å². The molecule has 120 valence electrons. The van der Waals surface area contributed by atoms with Crippen LogP contribution in [0.2, 0.25) is 0 Å². The number of halogens is 1. The van der Waals surface area contributed by atoms with E-state index in [1.807, 2.05) is 13.8 Å². The summed E-state index contributed by atoms with van der Waals surface area (Å²) < 4.78 is 32.1. The Bertz CT molecular complexity index is 576. The molecule has 0 fully saturated rings. The Morgan fingerprint density at radius 1 is 1.38 bits per heavy atom. The molecule has 0 aliphatic rings. The molecule has 0 spiro atoms. The summed E-state index contributed by atoms with van der Waals surface area (Å²) in [5.74, 6) is 0.828. The Balaban J connectivity index is 2.94. The maximum atomic E-state index is 12.6. The second-order valence-electron chi connectivity index (χ2n) is 5.32. The van der Waals surface area contributed by atoms with Gasteiger partial charge in [-0.15, -0.1) is 0 Å². The predicted molar refractivity (Wildman–Crippen MR) is 87.9 cm³/mol. The van der Waals surface area contributed by atoms with Gasteiger partial charge in [0, 0.05) is 30.2 Å². The Morgan fingerprint density at radius 3 is 2.52 bits per heavy atom. The van der Waals surface area contributed by atoms with Crippen LogP contribution in [0, 0.1) is 5.92 Å². The van der Waals surface area contributed by atoms with Crippen molar-refractivity contribution in [3.63, 3.8) is 0 Å². The molecule has 7 heteroatoms. The van der Waals surface area contributed by atoms with Gasteiger partial charge in [0.2, 0.25) is 10.0 Å². The third kappa shape index (κ3) is 4.67. The van der Waals surface area contributed by atoms with Gasteiger partial charge in [-0.05, 0) is 40.4 Å². The van der Waals surface area contributed by atoms with Crippen molar-refractivity contribution in [3.05, 3.63) is 22.7 Å². The molecule has 0 heterocycles. The van der Waals surface area contributed by atoms with Crippen molar-refractivity contribution in [3.8, 4) is 5.75 Å². The average Bonchev–Trinajstić information content (AvgIpc) is 2.44. The molecule has 0 amide bonds. The summed E-state index contributed by atoms with van der Waals surface area (Å²) >= 11 is 3.28. The van der Waals surface area contributed by atoms with Crippen molar-refractivity contribution in [1.82, 2.24) is 4.31 Å². The number of hydrogen-bond acceptors (Lipinski definition) is 4. The number of sulfonamides is 1. The van der Waals surface area contributed by atoms with Gasteiger partial charge in [0.15, 0.2) is 0 Å². The molecule has 0 bridgehead atoms. The van der Waals surface area contributed by atoms with E-state index in [2.05, 4.69) is 15.9 Å². The van der Waals surface area contributed by atoms with E-state index >= 15 is 0 Å². The lowest BCUT2D eigenvalue weighted by molar-refractivity contribution is 0.396. The molecule has 21 heavy (non-hydrogen) atoms. The predicted octanol–water partition coefficient (Wildman–Crippen LogP) is 2.45. The molecular weight excluding hydrogens is 356 g/mol. The molecule has 0 aliphatic heterocycles. The van der Waals surface area contributed by atoms with E-state index in [4.69, 9.17) is 10.5 Å². The summed E-state index contributed by atoms with van der Waals surface area (Å²) in [5.41, 5.74) is 5.97. The normalized spacial score (nSPS) is 13.7. The van der Waals surface area contributed by atoms with Crippen LogP contribution in [0.15, 0.2) is 27.6 Å². The molecule has 0 saturated carbocycles. The van der Waals surface area contributed by atoms with Crippen LogP contribution >= 0.6 is 15.9 Å². The first-order valence-electron chi connectivity index (χ1n) is 6.75. The zero-order valence-corrected chi connectivity index (χ0v) is 15.2. The van der Waals surface area contributed by atoms with E-state index in [-0.39, 0.29) is 10.9 Å². The van der Waals surface area contributed by atoms with E-state index in [1.54, 1.807) is 19.2 Å². The Kier molecular flexibility index (Phi) is 6.65. The number of methoxy groups -OCH3 is 1. The van der Waals surface area contributed by atoms with Gasteiger partial charge in [-0.3, -0.25) is 0 Å². The lowest BCUT2D eigenvalue weighted by Crippen LogP contribution is -2.34. The van der Waals surface area contributed by atoms with Crippen molar-refractivity contribution < 1.29 is 13.2 Å². The molecule has 1 atom stereocenters. The van der Waals surface area contributed by atoms with E-state index in [0.29, 0.717) is 29.1 Å². The third-order valence-electron chi connectivity index (χ3n) is 3.46. The number of hydrogen-bond donors (Lipinski definition) is 1.